The van der Waals surface area contributed by atoms with Gasteiger partial charge in [-0.2, -0.15) is 0 Å². The molecule has 4 rings (SSSR count). The first kappa shape index (κ1) is 22.1. The van der Waals surface area contributed by atoms with Crippen molar-refractivity contribution in [3.8, 4) is 5.75 Å². The number of aromatic hydroxyl groups is 1. The molecule has 0 saturated heterocycles. The zero-order valence-electron chi connectivity index (χ0n) is 18.9. The predicted molar refractivity (Wildman–Crippen MR) is 121 cm³/mol. The lowest BCUT2D eigenvalue weighted by Gasteiger charge is -2.33. The van der Waals surface area contributed by atoms with Gasteiger partial charge in [-0.1, -0.05) is 18.2 Å². The smallest absolute Gasteiger partial charge is 0.274 e. The molecule has 2 aromatic rings. The zero-order valence-corrected chi connectivity index (χ0v) is 18.9. The molecule has 0 saturated carbocycles. The molecular weight excluding hydrogens is 408 g/mol. The quantitative estimate of drug-likeness (QED) is 0.751. The van der Waals surface area contributed by atoms with Crippen LogP contribution in [0.25, 0.3) is 0 Å². The topological polar surface area (TPSA) is 94.9 Å². The van der Waals surface area contributed by atoms with Crippen molar-refractivity contribution in [2.75, 3.05) is 26.7 Å². The van der Waals surface area contributed by atoms with Crippen LogP contribution in [-0.2, 0) is 30.8 Å². The summed E-state index contributed by atoms with van der Waals surface area (Å²) in [5, 5.41) is 13.6. The molecule has 8 heteroatoms. The Morgan fingerprint density at radius 2 is 1.91 bits per heavy atom. The minimum atomic E-state index is -0.490. The number of rotatable bonds is 4. The summed E-state index contributed by atoms with van der Waals surface area (Å²) >= 11 is 0. The maximum absolute atomic E-state index is 13.4. The van der Waals surface area contributed by atoms with Crippen molar-refractivity contribution < 1.29 is 14.7 Å². The average molecular weight is 439 g/mol. The number of hydrogen-bond donors (Lipinski definition) is 2. The number of aryl methyl sites for hydroxylation is 2. The highest BCUT2D eigenvalue weighted by Gasteiger charge is 2.34. The Balaban J connectivity index is 1.70. The van der Waals surface area contributed by atoms with Crippen molar-refractivity contribution in [2.24, 2.45) is 0 Å². The number of likely N-dealkylation sites (N-methyl/N-ethyl adjacent to an activating group) is 1. The standard InChI is InChI=1S/C24H30N4O4/c1-15-6-7-17(11-16(15)2)13-27-9-10-28-19-14-26(20(29)12-25-3)8-4-5-18(19)22(30)23(31)21(28)24(27)32/h6-7,11,25,31H,4-5,8-10,12-14H2,1-3H3. The number of hydrogen-bond acceptors (Lipinski definition) is 5. The van der Waals surface area contributed by atoms with E-state index in [-0.39, 0.29) is 30.6 Å². The summed E-state index contributed by atoms with van der Waals surface area (Å²) in [4.78, 5) is 42.2. The van der Waals surface area contributed by atoms with Crippen molar-refractivity contribution >= 4 is 11.8 Å². The number of aromatic nitrogens is 1. The highest BCUT2D eigenvalue weighted by Crippen LogP contribution is 2.28. The maximum atomic E-state index is 13.4. The third-order valence-electron chi connectivity index (χ3n) is 6.56. The van der Waals surface area contributed by atoms with E-state index < -0.39 is 11.2 Å². The van der Waals surface area contributed by atoms with Gasteiger partial charge in [-0.05, 0) is 50.4 Å². The number of fused-ring (bicyclic) bond motifs is 3. The molecule has 0 atom stereocenters. The SMILES string of the molecule is CNCC(=O)N1CCCc2c(n3c(c(O)c2=O)C(=O)N(Cc2ccc(C)c(C)c2)CC3)C1. The molecule has 170 valence electrons. The Morgan fingerprint density at radius 3 is 2.62 bits per heavy atom. The van der Waals surface area contributed by atoms with Crippen LogP contribution in [0.1, 0.15) is 44.9 Å². The highest BCUT2D eigenvalue weighted by atomic mass is 16.3. The maximum Gasteiger partial charge on any atom is 0.274 e. The Kier molecular flexibility index (Phi) is 6.06. The van der Waals surface area contributed by atoms with E-state index in [9.17, 15) is 19.5 Å². The third-order valence-corrected chi connectivity index (χ3v) is 6.56. The van der Waals surface area contributed by atoms with Gasteiger partial charge in [-0.25, -0.2) is 0 Å². The predicted octanol–water partition coefficient (Wildman–Crippen LogP) is 1.32. The van der Waals surface area contributed by atoms with Crippen LogP contribution in [0.5, 0.6) is 5.75 Å². The van der Waals surface area contributed by atoms with Gasteiger partial charge in [0.15, 0.2) is 11.4 Å². The van der Waals surface area contributed by atoms with Crippen LogP contribution in [0.4, 0.5) is 0 Å². The average Bonchev–Trinajstić information content (AvgIpc) is 2.99. The molecule has 0 spiro atoms. The van der Waals surface area contributed by atoms with Gasteiger partial charge in [0.25, 0.3) is 5.91 Å². The molecule has 0 radical (unpaired) electrons. The van der Waals surface area contributed by atoms with Crippen molar-refractivity contribution in [3.63, 3.8) is 0 Å². The molecule has 8 nitrogen and oxygen atoms in total. The summed E-state index contributed by atoms with van der Waals surface area (Å²) < 4.78 is 1.76. The fourth-order valence-corrected chi connectivity index (χ4v) is 4.64. The van der Waals surface area contributed by atoms with Crippen LogP contribution < -0.4 is 10.7 Å². The number of pyridine rings is 1. The largest absolute Gasteiger partial charge is 0.503 e. The lowest BCUT2D eigenvalue weighted by molar-refractivity contribution is -0.130. The molecule has 2 aliphatic heterocycles. The lowest BCUT2D eigenvalue weighted by Crippen LogP contribution is -2.44. The van der Waals surface area contributed by atoms with Crippen molar-refractivity contribution in [3.05, 3.63) is 62.1 Å². The molecular formula is C24H30N4O4. The van der Waals surface area contributed by atoms with Crippen LogP contribution in [0.2, 0.25) is 0 Å². The van der Waals surface area contributed by atoms with Gasteiger partial charge in [0, 0.05) is 37.4 Å². The van der Waals surface area contributed by atoms with Crippen LogP contribution >= 0.6 is 0 Å². The molecule has 3 heterocycles. The van der Waals surface area contributed by atoms with E-state index in [1.165, 1.54) is 5.56 Å². The lowest BCUT2D eigenvalue weighted by atomic mass is 10.0. The van der Waals surface area contributed by atoms with E-state index in [1.54, 1.807) is 21.4 Å². The van der Waals surface area contributed by atoms with Crippen molar-refractivity contribution in [2.45, 2.75) is 46.3 Å². The fraction of sp³-hybridized carbons (Fsp3) is 0.458. The zero-order chi connectivity index (χ0) is 23.0. The first-order valence-electron chi connectivity index (χ1n) is 11.1. The second-order valence-corrected chi connectivity index (χ2v) is 8.70. The molecule has 0 bridgehead atoms. The number of nitrogens with one attached hydrogen (secondary N) is 1. The molecule has 32 heavy (non-hydrogen) atoms. The number of carbonyl (C=O) groups is 2. The van der Waals surface area contributed by atoms with Gasteiger partial charge in [0.1, 0.15) is 0 Å². The highest BCUT2D eigenvalue weighted by molar-refractivity contribution is 5.96. The van der Waals surface area contributed by atoms with Crippen molar-refractivity contribution in [1.29, 1.82) is 0 Å². The first-order valence-corrected chi connectivity index (χ1v) is 11.1. The van der Waals surface area contributed by atoms with Gasteiger partial charge in [-0.3, -0.25) is 14.4 Å². The van der Waals surface area contributed by atoms with E-state index in [2.05, 4.69) is 11.4 Å². The molecule has 1 aromatic carbocycles. The molecule has 1 aromatic heterocycles. The van der Waals surface area contributed by atoms with Gasteiger partial charge in [-0.15, -0.1) is 0 Å². The Morgan fingerprint density at radius 1 is 1.12 bits per heavy atom. The number of carbonyl (C=O) groups excluding carboxylic acids is 2. The van der Waals surface area contributed by atoms with Gasteiger partial charge in [0.2, 0.25) is 11.3 Å². The summed E-state index contributed by atoms with van der Waals surface area (Å²) in [6.45, 7) is 6.45. The summed E-state index contributed by atoms with van der Waals surface area (Å²) in [5.41, 5.74) is 4.08. The van der Waals surface area contributed by atoms with E-state index in [1.807, 2.05) is 26.0 Å². The Labute approximate surface area is 187 Å². The van der Waals surface area contributed by atoms with Crippen LogP contribution in [-0.4, -0.2) is 58.0 Å². The molecule has 2 N–H and O–H groups in total. The number of amides is 2. The van der Waals surface area contributed by atoms with Gasteiger partial charge < -0.3 is 24.8 Å². The molecule has 0 fully saturated rings. The normalized spacial score (nSPS) is 15.9. The Hall–Kier alpha value is -3.13. The van der Waals surface area contributed by atoms with E-state index in [0.717, 1.165) is 11.1 Å². The van der Waals surface area contributed by atoms with E-state index in [0.29, 0.717) is 50.3 Å². The minimum Gasteiger partial charge on any atom is -0.503 e. The van der Waals surface area contributed by atoms with Crippen molar-refractivity contribution in [1.82, 2.24) is 19.7 Å². The summed E-state index contributed by atoms with van der Waals surface area (Å²) in [5.74, 6) is -0.883. The summed E-state index contributed by atoms with van der Waals surface area (Å²) in [6, 6.07) is 6.09. The fourth-order valence-electron chi connectivity index (χ4n) is 4.64. The van der Waals surface area contributed by atoms with Gasteiger partial charge >= 0.3 is 0 Å². The van der Waals surface area contributed by atoms with E-state index in [4.69, 9.17) is 0 Å². The third kappa shape index (κ3) is 3.90. The van der Waals surface area contributed by atoms with Gasteiger partial charge in [0.05, 0.1) is 13.1 Å². The van der Waals surface area contributed by atoms with Crippen LogP contribution in [0, 0.1) is 13.8 Å². The van der Waals surface area contributed by atoms with Crippen LogP contribution in [0.3, 0.4) is 0 Å². The first-order chi connectivity index (χ1) is 15.3. The Bertz CT molecular complexity index is 1140. The number of nitrogens with zero attached hydrogens (tertiary/aromatic N) is 3. The monoisotopic (exact) mass is 438 g/mol. The summed E-state index contributed by atoms with van der Waals surface area (Å²) in [7, 11) is 1.72. The molecule has 2 aliphatic rings. The van der Waals surface area contributed by atoms with E-state index >= 15 is 0 Å². The second-order valence-electron chi connectivity index (χ2n) is 8.70. The molecule has 0 unspecified atom stereocenters. The summed E-state index contributed by atoms with van der Waals surface area (Å²) in [6.07, 6.45) is 1.12. The molecule has 2 amide bonds. The number of benzene rings is 1. The van der Waals surface area contributed by atoms with Crippen LogP contribution in [0.15, 0.2) is 23.0 Å². The second kappa shape index (κ2) is 8.78. The minimum absolute atomic E-state index is 0.0340. The molecule has 0 aliphatic carbocycles.